The Morgan fingerprint density at radius 2 is 1.64 bits per heavy atom. The molecule has 0 radical (unpaired) electrons. The van der Waals surface area contributed by atoms with Gasteiger partial charge < -0.3 is 25.3 Å². The van der Waals surface area contributed by atoms with Crippen molar-refractivity contribution in [1.82, 2.24) is 20.2 Å². The van der Waals surface area contributed by atoms with E-state index in [4.69, 9.17) is 19.8 Å². The van der Waals surface area contributed by atoms with Crippen molar-refractivity contribution < 1.29 is 50.9 Å². The second-order valence-corrected chi connectivity index (χ2v) is 7.72. The molecule has 1 aliphatic heterocycles. The summed E-state index contributed by atoms with van der Waals surface area (Å²) in [6, 6.07) is 7.78. The third-order valence-corrected chi connectivity index (χ3v) is 4.68. The van der Waals surface area contributed by atoms with Crippen molar-refractivity contribution >= 4 is 23.8 Å². The first-order valence-electron chi connectivity index (χ1n) is 10.9. The smallest absolute Gasteiger partial charge is 0.475 e. The van der Waals surface area contributed by atoms with Gasteiger partial charge in [-0.15, -0.1) is 6.58 Å². The van der Waals surface area contributed by atoms with Crippen LogP contribution in [-0.2, 0) is 22.7 Å². The Kier molecular flexibility index (Phi) is 12.2. The molecule has 2 aromatic rings. The highest BCUT2D eigenvalue weighted by Crippen LogP contribution is 2.23. The maximum atomic E-state index is 12.6. The highest BCUT2D eigenvalue weighted by Gasteiger charge is 2.38. The molecule has 0 saturated heterocycles. The second kappa shape index (κ2) is 14.5. The topological polar surface area (TPSA) is 136 Å². The van der Waals surface area contributed by atoms with Gasteiger partial charge in [-0.05, 0) is 24.6 Å². The number of hydrogen-bond donors (Lipinski definition) is 3. The van der Waals surface area contributed by atoms with Gasteiger partial charge in [-0.1, -0.05) is 18.2 Å². The molecule has 0 aromatic carbocycles. The summed E-state index contributed by atoms with van der Waals surface area (Å²) in [7, 11) is 0. The minimum absolute atomic E-state index is 0.0733. The Labute approximate surface area is 218 Å². The van der Waals surface area contributed by atoms with Crippen LogP contribution in [0.3, 0.4) is 0 Å². The Hall–Kier alpha value is -4.37. The molecule has 214 valence electrons. The number of amides is 2. The Morgan fingerprint density at radius 1 is 1.05 bits per heavy atom. The lowest BCUT2D eigenvalue weighted by Crippen LogP contribution is -2.41. The fourth-order valence-corrected chi connectivity index (χ4v) is 2.90. The number of urea groups is 1. The largest absolute Gasteiger partial charge is 0.490 e. The van der Waals surface area contributed by atoms with Crippen molar-refractivity contribution in [1.29, 1.82) is 0 Å². The average molecular weight is 565 g/mol. The number of pyridine rings is 2. The zero-order valence-corrected chi connectivity index (χ0v) is 20.5. The third-order valence-electron chi connectivity index (χ3n) is 4.68. The van der Waals surface area contributed by atoms with E-state index in [0.717, 1.165) is 29.2 Å². The number of halogens is 6. The van der Waals surface area contributed by atoms with Crippen LogP contribution in [0.25, 0.3) is 0 Å². The maximum absolute atomic E-state index is 12.6. The van der Waals surface area contributed by atoms with E-state index in [1.54, 1.807) is 12.4 Å². The number of anilines is 1. The number of carboxylic acids is 2. The third kappa shape index (κ3) is 11.7. The molecule has 3 rings (SSSR count). The first-order valence-corrected chi connectivity index (χ1v) is 10.9. The predicted octanol–water partition coefficient (Wildman–Crippen LogP) is 3.77. The van der Waals surface area contributed by atoms with Gasteiger partial charge in [0.05, 0.1) is 6.54 Å². The highest BCUT2D eigenvalue weighted by atomic mass is 19.4. The number of nitrogens with zero attached hydrogens (tertiary/aromatic N) is 4. The molecule has 0 atom stereocenters. The van der Waals surface area contributed by atoms with Gasteiger partial charge in [0.15, 0.2) is 0 Å². The second-order valence-electron chi connectivity index (χ2n) is 7.72. The molecule has 0 saturated carbocycles. The summed E-state index contributed by atoms with van der Waals surface area (Å²) in [6.45, 7) is 8.92. The van der Waals surface area contributed by atoms with E-state index in [-0.39, 0.29) is 6.03 Å². The molecule has 0 bridgehead atoms. The highest BCUT2D eigenvalue weighted by molar-refractivity contribution is 5.75. The summed E-state index contributed by atoms with van der Waals surface area (Å²) in [5.41, 5.74) is 3.01. The van der Waals surface area contributed by atoms with E-state index in [0.29, 0.717) is 26.2 Å². The van der Waals surface area contributed by atoms with Gasteiger partial charge in [0.1, 0.15) is 5.82 Å². The number of aromatic nitrogens is 2. The van der Waals surface area contributed by atoms with Crippen molar-refractivity contribution in [3.05, 3.63) is 66.1 Å². The van der Waals surface area contributed by atoms with Crippen LogP contribution in [0.4, 0.5) is 37.0 Å². The molecule has 2 aromatic heterocycles. The van der Waals surface area contributed by atoms with Gasteiger partial charge in [0.2, 0.25) is 0 Å². The molecule has 0 unspecified atom stereocenters. The summed E-state index contributed by atoms with van der Waals surface area (Å²) in [6.07, 6.45) is -4.82. The van der Waals surface area contributed by atoms with E-state index in [9.17, 15) is 31.1 Å². The van der Waals surface area contributed by atoms with Crippen LogP contribution in [0.5, 0.6) is 0 Å². The number of rotatable bonds is 4. The molecule has 3 N–H and O–H groups in total. The monoisotopic (exact) mass is 565 g/mol. The Balaban J connectivity index is 0.000000449. The standard InChI is InChI=1S/C19H23N5O.2C2HF3O2/c1-3-9-23-10-11-24(14-17-7-6-15(2)22-18(17)23)19(25)21-13-16-5-4-8-20-12-16;2*3-2(4,5)1(6)7/h3-8,12H,1,9-11,13-14H2,2H3,(H,21,25);2*(H,6,7). The lowest BCUT2D eigenvalue weighted by Gasteiger charge is -2.23. The van der Waals surface area contributed by atoms with Crippen LogP contribution in [0.1, 0.15) is 16.8 Å². The molecular formula is C23H25F6N5O5. The average Bonchev–Trinajstić information content (AvgIpc) is 3.02. The Morgan fingerprint density at radius 3 is 2.13 bits per heavy atom. The SMILES string of the molecule is C=CCN1CCN(C(=O)NCc2cccnc2)Cc2ccc(C)nc21.O=C(O)C(F)(F)F.O=C(O)C(F)(F)F. The van der Waals surface area contributed by atoms with Crippen LogP contribution in [0.15, 0.2) is 49.3 Å². The molecule has 3 heterocycles. The molecule has 10 nitrogen and oxygen atoms in total. The van der Waals surface area contributed by atoms with Crippen LogP contribution < -0.4 is 10.2 Å². The van der Waals surface area contributed by atoms with E-state index < -0.39 is 24.3 Å². The number of nitrogens with one attached hydrogen (secondary N) is 1. The van der Waals surface area contributed by atoms with Crippen LogP contribution in [0, 0.1) is 6.92 Å². The summed E-state index contributed by atoms with van der Waals surface area (Å²) in [5.74, 6) is -4.57. The number of carboxylic acid groups (broad SMARTS) is 2. The number of hydrogen-bond acceptors (Lipinski definition) is 6. The summed E-state index contributed by atoms with van der Waals surface area (Å²) in [5, 5.41) is 17.2. The summed E-state index contributed by atoms with van der Waals surface area (Å²) < 4.78 is 63.5. The molecular weight excluding hydrogens is 540 g/mol. The molecule has 39 heavy (non-hydrogen) atoms. The maximum Gasteiger partial charge on any atom is 0.490 e. The van der Waals surface area contributed by atoms with E-state index in [1.807, 2.05) is 36.1 Å². The van der Waals surface area contributed by atoms with E-state index in [1.165, 1.54) is 0 Å². The zero-order chi connectivity index (χ0) is 29.8. The van der Waals surface area contributed by atoms with Crippen molar-refractivity contribution in [2.45, 2.75) is 32.4 Å². The molecule has 2 amide bonds. The first-order chi connectivity index (χ1) is 18.1. The minimum atomic E-state index is -5.08. The van der Waals surface area contributed by atoms with Gasteiger partial charge in [-0.25, -0.2) is 19.4 Å². The van der Waals surface area contributed by atoms with Gasteiger partial charge in [-0.3, -0.25) is 4.98 Å². The normalized spacial score (nSPS) is 12.9. The van der Waals surface area contributed by atoms with Crippen molar-refractivity contribution in [2.24, 2.45) is 0 Å². The van der Waals surface area contributed by atoms with Crippen molar-refractivity contribution in [3.8, 4) is 0 Å². The number of alkyl halides is 6. The van der Waals surface area contributed by atoms with Gasteiger partial charge in [0, 0.05) is 49.8 Å². The summed E-state index contributed by atoms with van der Waals surface area (Å²) in [4.78, 5) is 43.1. The van der Waals surface area contributed by atoms with Crippen LogP contribution in [0.2, 0.25) is 0 Å². The zero-order valence-electron chi connectivity index (χ0n) is 20.5. The van der Waals surface area contributed by atoms with Gasteiger partial charge in [-0.2, -0.15) is 26.3 Å². The quantitative estimate of drug-likeness (QED) is 0.377. The number of aliphatic carboxylic acids is 2. The first kappa shape index (κ1) is 32.7. The van der Waals surface area contributed by atoms with E-state index >= 15 is 0 Å². The lowest BCUT2D eigenvalue weighted by molar-refractivity contribution is -0.193. The number of carbonyl (C=O) groups is 3. The van der Waals surface area contributed by atoms with Crippen molar-refractivity contribution in [3.63, 3.8) is 0 Å². The number of fused-ring (bicyclic) bond motifs is 1. The molecule has 0 spiro atoms. The fraction of sp³-hybridized carbons (Fsp3) is 0.348. The molecule has 16 heteroatoms. The van der Waals surface area contributed by atoms with Gasteiger partial charge >= 0.3 is 30.3 Å². The Bertz CT molecular complexity index is 1100. The number of aryl methyl sites for hydroxylation is 1. The van der Waals surface area contributed by atoms with Crippen LogP contribution in [-0.4, -0.2) is 75.0 Å². The summed E-state index contributed by atoms with van der Waals surface area (Å²) >= 11 is 0. The molecule has 1 aliphatic rings. The van der Waals surface area contributed by atoms with Crippen molar-refractivity contribution in [2.75, 3.05) is 24.5 Å². The minimum Gasteiger partial charge on any atom is -0.475 e. The van der Waals surface area contributed by atoms with Gasteiger partial charge in [0.25, 0.3) is 0 Å². The number of carbonyl (C=O) groups excluding carboxylic acids is 1. The molecule has 0 fully saturated rings. The fourth-order valence-electron chi connectivity index (χ4n) is 2.90. The molecule has 0 aliphatic carbocycles. The van der Waals surface area contributed by atoms with E-state index in [2.05, 4.69) is 32.8 Å². The predicted molar refractivity (Wildman–Crippen MR) is 126 cm³/mol. The lowest BCUT2D eigenvalue weighted by atomic mass is 10.2. The van der Waals surface area contributed by atoms with Crippen LogP contribution >= 0.6 is 0 Å².